The van der Waals surface area contributed by atoms with Crippen molar-refractivity contribution in [3.05, 3.63) is 55.4 Å². The van der Waals surface area contributed by atoms with Gasteiger partial charge in [0.1, 0.15) is 11.3 Å². The summed E-state index contributed by atoms with van der Waals surface area (Å²) in [5.74, 6) is -0.0423. The maximum atomic E-state index is 12.5. The SMILES string of the molecule is CCN(CC)C(=O)c1ccc(NC(=O)CCc2nc3c([nH]2)c(=O)[nH]c(=O)n3C)cc1Cl. The molecule has 0 spiro atoms. The number of rotatable bonds is 7. The third-order valence-electron chi connectivity index (χ3n) is 4.93. The van der Waals surface area contributed by atoms with Gasteiger partial charge in [0.25, 0.3) is 11.5 Å². The fourth-order valence-corrected chi connectivity index (χ4v) is 3.44. The van der Waals surface area contributed by atoms with E-state index in [1.54, 1.807) is 17.0 Å². The van der Waals surface area contributed by atoms with Crippen LogP contribution in [0.3, 0.4) is 0 Å². The van der Waals surface area contributed by atoms with E-state index in [9.17, 15) is 19.2 Å². The summed E-state index contributed by atoms with van der Waals surface area (Å²) in [5, 5.41) is 2.99. The highest BCUT2D eigenvalue weighted by Crippen LogP contribution is 2.22. The summed E-state index contributed by atoms with van der Waals surface area (Å²) in [6.45, 7) is 4.93. The Kier molecular flexibility index (Phi) is 6.59. The maximum Gasteiger partial charge on any atom is 0.329 e. The fraction of sp³-hybridized carbons (Fsp3) is 0.350. The molecule has 3 N–H and O–H groups in total. The van der Waals surface area contributed by atoms with Crippen LogP contribution in [-0.4, -0.2) is 49.3 Å². The first-order valence-electron chi connectivity index (χ1n) is 9.81. The number of aromatic nitrogens is 4. The van der Waals surface area contributed by atoms with Gasteiger partial charge in [-0.3, -0.25) is 23.9 Å². The second-order valence-corrected chi connectivity index (χ2v) is 7.33. The van der Waals surface area contributed by atoms with Gasteiger partial charge in [0, 0.05) is 38.7 Å². The molecule has 2 amide bonds. The van der Waals surface area contributed by atoms with Crippen molar-refractivity contribution >= 4 is 40.3 Å². The zero-order chi connectivity index (χ0) is 22.7. The molecular formula is C20H23ClN6O4. The molecule has 2 aromatic heterocycles. The van der Waals surface area contributed by atoms with Crippen LogP contribution in [0, 0.1) is 0 Å². The fourth-order valence-electron chi connectivity index (χ4n) is 3.17. The van der Waals surface area contributed by atoms with Crippen molar-refractivity contribution in [1.29, 1.82) is 0 Å². The molecule has 164 valence electrons. The second kappa shape index (κ2) is 9.17. The molecule has 0 aliphatic heterocycles. The number of amides is 2. The maximum absolute atomic E-state index is 12.5. The summed E-state index contributed by atoms with van der Waals surface area (Å²) in [7, 11) is 1.50. The van der Waals surface area contributed by atoms with Crippen molar-refractivity contribution in [3.63, 3.8) is 0 Å². The average Bonchev–Trinajstić information content (AvgIpc) is 3.17. The average molecular weight is 447 g/mol. The van der Waals surface area contributed by atoms with E-state index in [0.717, 1.165) is 0 Å². The molecule has 0 atom stereocenters. The number of nitrogens with one attached hydrogen (secondary N) is 3. The van der Waals surface area contributed by atoms with E-state index in [2.05, 4.69) is 20.3 Å². The molecule has 0 saturated carbocycles. The second-order valence-electron chi connectivity index (χ2n) is 6.92. The number of hydrogen-bond acceptors (Lipinski definition) is 5. The Balaban J connectivity index is 1.67. The van der Waals surface area contributed by atoms with Crippen LogP contribution in [0.5, 0.6) is 0 Å². The van der Waals surface area contributed by atoms with Gasteiger partial charge >= 0.3 is 5.69 Å². The number of hydrogen-bond donors (Lipinski definition) is 3. The molecule has 3 aromatic rings. The van der Waals surface area contributed by atoms with Gasteiger partial charge in [-0.1, -0.05) is 11.6 Å². The Morgan fingerprint density at radius 3 is 2.55 bits per heavy atom. The van der Waals surface area contributed by atoms with Crippen LogP contribution < -0.4 is 16.6 Å². The molecule has 2 heterocycles. The van der Waals surface area contributed by atoms with Gasteiger partial charge in [0.2, 0.25) is 5.91 Å². The van der Waals surface area contributed by atoms with Crippen LogP contribution in [0.25, 0.3) is 11.2 Å². The Bertz CT molecular complexity index is 1250. The number of H-pyrrole nitrogens is 2. The van der Waals surface area contributed by atoms with Crippen LogP contribution in [0.2, 0.25) is 5.02 Å². The van der Waals surface area contributed by atoms with Crippen molar-refractivity contribution in [1.82, 2.24) is 24.4 Å². The number of imidazole rings is 1. The molecule has 31 heavy (non-hydrogen) atoms. The number of nitrogens with zero attached hydrogens (tertiary/aromatic N) is 3. The third kappa shape index (κ3) is 4.69. The number of fused-ring (bicyclic) bond motifs is 1. The largest absolute Gasteiger partial charge is 0.339 e. The summed E-state index contributed by atoms with van der Waals surface area (Å²) in [5.41, 5.74) is 0.126. The van der Waals surface area contributed by atoms with Gasteiger partial charge < -0.3 is 15.2 Å². The van der Waals surface area contributed by atoms with E-state index in [1.807, 2.05) is 13.8 Å². The molecule has 0 radical (unpaired) electrons. The van der Waals surface area contributed by atoms with Gasteiger partial charge in [0.05, 0.1) is 10.6 Å². The number of carbonyl (C=O) groups is 2. The number of carbonyl (C=O) groups excluding carboxylic acids is 2. The van der Waals surface area contributed by atoms with Crippen LogP contribution in [0.1, 0.15) is 36.5 Å². The molecule has 1 aromatic carbocycles. The summed E-state index contributed by atoms with van der Waals surface area (Å²) in [4.78, 5) is 59.2. The molecule has 0 unspecified atom stereocenters. The van der Waals surface area contributed by atoms with Crippen molar-refractivity contribution in [2.45, 2.75) is 26.7 Å². The van der Waals surface area contributed by atoms with Crippen LogP contribution in [0.4, 0.5) is 5.69 Å². The molecule has 3 rings (SSSR count). The zero-order valence-electron chi connectivity index (χ0n) is 17.4. The lowest BCUT2D eigenvalue weighted by molar-refractivity contribution is -0.116. The predicted molar refractivity (Wildman–Crippen MR) is 118 cm³/mol. The molecule has 10 nitrogen and oxygen atoms in total. The molecule has 0 fully saturated rings. The number of halogens is 1. The Morgan fingerprint density at radius 1 is 1.19 bits per heavy atom. The standard InChI is InChI=1S/C20H23ClN6O4/c1-4-27(5-2)19(30)12-7-6-11(10-13(12)21)22-15(28)9-8-14-23-16-17(24-14)26(3)20(31)25-18(16)29/h6-7,10H,4-5,8-9H2,1-3H3,(H,22,28)(H,23,24)(H,25,29,31). The highest BCUT2D eigenvalue weighted by atomic mass is 35.5. The van der Waals surface area contributed by atoms with Gasteiger partial charge in [-0.25, -0.2) is 9.78 Å². The van der Waals surface area contributed by atoms with E-state index in [4.69, 9.17) is 11.6 Å². The summed E-state index contributed by atoms with van der Waals surface area (Å²) in [6, 6.07) is 4.74. The van der Waals surface area contributed by atoms with E-state index in [-0.39, 0.29) is 40.8 Å². The lowest BCUT2D eigenvalue weighted by atomic mass is 10.1. The van der Waals surface area contributed by atoms with E-state index in [1.165, 1.54) is 17.7 Å². The topological polar surface area (TPSA) is 133 Å². The van der Waals surface area contributed by atoms with Gasteiger partial charge in [-0.2, -0.15) is 0 Å². The van der Waals surface area contributed by atoms with Gasteiger partial charge in [-0.15, -0.1) is 0 Å². The quantitative estimate of drug-likeness (QED) is 0.507. The summed E-state index contributed by atoms with van der Waals surface area (Å²) in [6.07, 6.45) is 0.323. The van der Waals surface area contributed by atoms with Crippen molar-refractivity contribution < 1.29 is 9.59 Å². The third-order valence-corrected chi connectivity index (χ3v) is 5.24. The van der Waals surface area contributed by atoms with Crippen LogP contribution in [0.15, 0.2) is 27.8 Å². The number of aromatic amines is 2. The molecule has 0 saturated heterocycles. The Labute approximate surface area is 182 Å². The predicted octanol–water partition coefficient (Wildman–Crippen LogP) is 1.66. The highest BCUT2D eigenvalue weighted by Gasteiger charge is 2.17. The van der Waals surface area contributed by atoms with E-state index >= 15 is 0 Å². The normalized spacial score (nSPS) is 11.0. The minimum Gasteiger partial charge on any atom is -0.339 e. The number of aryl methyl sites for hydroxylation is 2. The van der Waals surface area contributed by atoms with Crippen molar-refractivity contribution in [3.8, 4) is 0 Å². The number of benzene rings is 1. The smallest absolute Gasteiger partial charge is 0.329 e. The Hall–Kier alpha value is -3.40. The van der Waals surface area contributed by atoms with Crippen LogP contribution in [-0.2, 0) is 18.3 Å². The first kappa shape index (κ1) is 22.3. The van der Waals surface area contributed by atoms with Crippen molar-refractivity contribution in [2.24, 2.45) is 7.05 Å². The first-order chi connectivity index (χ1) is 14.7. The minimum atomic E-state index is -0.562. The van der Waals surface area contributed by atoms with E-state index < -0.39 is 11.2 Å². The highest BCUT2D eigenvalue weighted by molar-refractivity contribution is 6.34. The van der Waals surface area contributed by atoms with Crippen LogP contribution >= 0.6 is 11.6 Å². The zero-order valence-corrected chi connectivity index (χ0v) is 18.2. The monoisotopic (exact) mass is 446 g/mol. The molecule has 0 bridgehead atoms. The lowest BCUT2D eigenvalue weighted by Crippen LogP contribution is -2.30. The minimum absolute atomic E-state index is 0.0867. The van der Waals surface area contributed by atoms with Crippen molar-refractivity contribution in [2.75, 3.05) is 18.4 Å². The van der Waals surface area contributed by atoms with E-state index in [0.29, 0.717) is 30.2 Å². The lowest BCUT2D eigenvalue weighted by Gasteiger charge is -2.19. The first-order valence-corrected chi connectivity index (χ1v) is 10.2. The molecule has 0 aliphatic carbocycles. The molecule has 11 heteroatoms. The molecule has 0 aliphatic rings. The molecular weight excluding hydrogens is 424 g/mol. The van der Waals surface area contributed by atoms with Gasteiger partial charge in [-0.05, 0) is 32.0 Å². The summed E-state index contributed by atoms with van der Waals surface area (Å²) < 4.78 is 1.22. The summed E-state index contributed by atoms with van der Waals surface area (Å²) >= 11 is 6.25. The Morgan fingerprint density at radius 2 is 1.90 bits per heavy atom. The van der Waals surface area contributed by atoms with Gasteiger partial charge in [0.15, 0.2) is 5.65 Å². The number of anilines is 1.